The van der Waals surface area contributed by atoms with E-state index in [0.717, 1.165) is 43.4 Å². The third-order valence-electron chi connectivity index (χ3n) is 4.47. The van der Waals surface area contributed by atoms with Gasteiger partial charge in [-0.2, -0.15) is 0 Å². The summed E-state index contributed by atoms with van der Waals surface area (Å²) in [5, 5.41) is 2.87. The number of rotatable bonds is 8. The van der Waals surface area contributed by atoms with Crippen LogP contribution in [0.5, 0.6) is 0 Å². The fourth-order valence-corrected chi connectivity index (χ4v) is 3.65. The van der Waals surface area contributed by atoms with Gasteiger partial charge in [-0.15, -0.1) is 11.3 Å². The Balaban J connectivity index is 1.71. The molecule has 1 aromatic heterocycles. The second-order valence-electron chi connectivity index (χ2n) is 6.17. The predicted molar refractivity (Wildman–Crippen MR) is 101 cm³/mol. The minimum Gasteiger partial charge on any atom is -0.379 e. The van der Waals surface area contributed by atoms with Crippen LogP contribution in [0.1, 0.15) is 16.7 Å². The fourth-order valence-electron chi connectivity index (χ4n) is 3.02. The third kappa shape index (κ3) is 5.11. The van der Waals surface area contributed by atoms with Gasteiger partial charge in [0.2, 0.25) is 0 Å². The molecule has 0 bridgehead atoms. The molecule has 26 heavy (non-hydrogen) atoms. The van der Waals surface area contributed by atoms with E-state index in [1.807, 2.05) is 40.6 Å². The number of amides is 1. The number of thiazole rings is 1. The normalized spacial score (nSPS) is 16.3. The standard InChI is InChI=1S/C19H25N3O3S/c1-24-18(16-5-3-2-4-6-16)19(23)22(15-17-20-7-14-26-17)9-8-21-10-12-25-13-11-21/h2-7,14,18H,8-13,15H2,1H3/t18-/m1/s1. The molecule has 0 spiro atoms. The topological polar surface area (TPSA) is 54.9 Å². The van der Waals surface area contributed by atoms with Gasteiger partial charge in [-0.1, -0.05) is 30.3 Å². The molecule has 1 fully saturated rings. The lowest BCUT2D eigenvalue weighted by atomic mass is 10.1. The van der Waals surface area contributed by atoms with Crippen LogP contribution in [-0.2, 0) is 20.8 Å². The number of ether oxygens (including phenoxy) is 2. The van der Waals surface area contributed by atoms with Crippen LogP contribution >= 0.6 is 11.3 Å². The summed E-state index contributed by atoms with van der Waals surface area (Å²) in [6, 6.07) is 9.64. The minimum absolute atomic E-state index is 0.0258. The van der Waals surface area contributed by atoms with Gasteiger partial charge >= 0.3 is 0 Å². The van der Waals surface area contributed by atoms with Crippen LogP contribution in [-0.4, -0.2) is 67.2 Å². The molecule has 0 N–H and O–H groups in total. The first-order chi connectivity index (χ1) is 12.8. The molecule has 2 heterocycles. The lowest BCUT2D eigenvalue weighted by Gasteiger charge is -2.31. The molecule has 0 radical (unpaired) electrons. The molecule has 7 heteroatoms. The first-order valence-corrected chi connectivity index (χ1v) is 9.71. The number of benzene rings is 1. The van der Waals surface area contributed by atoms with Crippen LogP contribution in [0.25, 0.3) is 0 Å². The Morgan fingerprint density at radius 2 is 2.12 bits per heavy atom. The largest absolute Gasteiger partial charge is 0.379 e. The maximum absolute atomic E-state index is 13.2. The van der Waals surface area contributed by atoms with Crippen molar-refractivity contribution in [3.05, 3.63) is 52.5 Å². The van der Waals surface area contributed by atoms with Gasteiger partial charge < -0.3 is 14.4 Å². The van der Waals surface area contributed by atoms with Gasteiger partial charge in [0.15, 0.2) is 6.10 Å². The molecule has 140 valence electrons. The fraction of sp³-hybridized carbons (Fsp3) is 0.474. The third-order valence-corrected chi connectivity index (χ3v) is 5.24. The quantitative estimate of drug-likeness (QED) is 0.708. The van der Waals surface area contributed by atoms with E-state index in [4.69, 9.17) is 9.47 Å². The highest BCUT2D eigenvalue weighted by atomic mass is 32.1. The summed E-state index contributed by atoms with van der Waals surface area (Å²) in [6.07, 6.45) is 1.18. The smallest absolute Gasteiger partial charge is 0.256 e. The molecule has 1 atom stereocenters. The van der Waals surface area contributed by atoms with E-state index in [0.29, 0.717) is 13.1 Å². The molecule has 2 aromatic rings. The zero-order chi connectivity index (χ0) is 18.2. The predicted octanol–water partition coefficient (Wildman–Crippen LogP) is 2.19. The summed E-state index contributed by atoms with van der Waals surface area (Å²) in [7, 11) is 1.58. The second kappa shape index (κ2) is 9.78. The molecule has 1 aliphatic rings. The van der Waals surface area contributed by atoms with Crippen molar-refractivity contribution in [3.63, 3.8) is 0 Å². The first kappa shape index (κ1) is 19.0. The van der Waals surface area contributed by atoms with Crippen molar-refractivity contribution >= 4 is 17.2 Å². The van der Waals surface area contributed by atoms with Crippen molar-refractivity contribution in [2.24, 2.45) is 0 Å². The van der Waals surface area contributed by atoms with E-state index < -0.39 is 6.10 Å². The maximum Gasteiger partial charge on any atom is 0.256 e. The summed E-state index contributed by atoms with van der Waals surface area (Å²) in [4.78, 5) is 21.7. The molecule has 3 rings (SSSR count). The summed E-state index contributed by atoms with van der Waals surface area (Å²) in [5.74, 6) is -0.0258. The molecular weight excluding hydrogens is 350 g/mol. The summed E-state index contributed by atoms with van der Waals surface area (Å²) in [6.45, 7) is 5.30. The maximum atomic E-state index is 13.2. The van der Waals surface area contributed by atoms with Crippen molar-refractivity contribution in [3.8, 4) is 0 Å². The minimum atomic E-state index is -0.596. The Morgan fingerprint density at radius 1 is 1.35 bits per heavy atom. The van der Waals surface area contributed by atoms with Crippen LogP contribution < -0.4 is 0 Å². The number of carbonyl (C=O) groups excluding carboxylic acids is 1. The average molecular weight is 375 g/mol. The molecule has 1 amide bonds. The number of hydrogen-bond donors (Lipinski definition) is 0. The number of morpholine rings is 1. The van der Waals surface area contributed by atoms with Gasteiger partial charge in [0.1, 0.15) is 5.01 Å². The molecule has 1 aromatic carbocycles. The molecule has 0 unspecified atom stereocenters. The SMILES string of the molecule is CO[C@@H](C(=O)N(CCN1CCOCC1)Cc1nccs1)c1ccccc1. The van der Waals surface area contributed by atoms with E-state index in [-0.39, 0.29) is 5.91 Å². The average Bonchev–Trinajstić information content (AvgIpc) is 3.20. The van der Waals surface area contributed by atoms with Crippen molar-refractivity contribution in [2.45, 2.75) is 12.6 Å². The molecular formula is C19H25N3O3S. The second-order valence-corrected chi connectivity index (χ2v) is 7.15. The zero-order valence-electron chi connectivity index (χ0n) is 15.0. The summed E-state index contributed by atoms with van der Waals surface area (Å²) < 4.78 is 11.0. The van der Waals surface area contributed by atoms with Gasteiger partial charge in [0, 0.05) is 44.9 Å². The lowest BCUT2D eigenvalue weighted by Crippen LogP contribution is -2.44. The van der Waals surface area contributed by atoms with Gasteiger partial charge in [-0.05, 0) is 5.56 Å². The molecule has 6 nitrogen and oxygen atoms in total. The van der Waals surface area contributed by atoms with Crippen LogP contribution in [0.4, 0.5) is 0 Å². The van der Waals surface area contributed by atoms with Crippen LogP contribution in [0.2, 0.25) is 0 Å². The molecule has 0 aliphatic carbocycles. The van der Waals surface area contributed by atoms with Gasteiger partial charge in [-0.25, -0.2) is 4.98 Å². The number of carbonyl (C=O) groups is 1. The summed E-state index contributed by atoms with van der Waals surface area (Å²) in [5.41, 5.74) is 0.871. The van der Waals surface area contributed by atoms with Gasteiger partial charge in [0.25, 0.3) is 5.91 Å². The number of hydrogen-bond acceptors (Lipinski definition) is 6. The molecule has 1 aliphatic heterocycles. The van der Waals surface area contributed by atoms with E-state index in [1.54, 1.807) is 24.6 Å². The van der Waals surface area contributed by atoms with Crippen LogP contribution in [0, 0.1) is 0 Å². The van der Waals surface area contributed by atoms with Gasteiger partial charge in [0.05, 0.1) is 19.8 Å². The molecule has 1 saturated heterocycles. The Kier molecular flexibility index (Phi) is 7.13. The monoisotopic (exact) mass is 375 g/mol. The summed E-state index contributed by atoms with van der Waals surface area (Å²) >= 11 is 1.57. The van der Waals surface area contributed by atoms with E-state index in [9.17, 15) is 4.79 Å². The Hall–Kier alpha value is -1.80. The van der Waals surface area contributed by atoms with Crippen molar-refractivity contribution in [1.29, 1.82) is 0 Å². The van der Waals surface area contributed by atoms with Crippen molar-refractivity contribution < 1.29 is 14.3 Å². The Labute approximate surface area is 158 Å². The van der Waals surface area contributed by atoms with E-state index >= 15 is 0 Å². The lowest BCUT2D eigenvalue weighted by molar-refractivity contribution is -0.143. The van der Waals surface area contributed by atoms with Crippen molar-refractivity contribution in [2.75, 3.05) is 46.5 Å². The van der Waals surface area contributed by atoms with E-state index in [1.165, 1.54) is 0 Å². The first-order valence-electron chi connectivity index (χ1n) is 8.83. The Morgan fingerprint density at radius 3 is 2.77 bits per heavy atom. The highest BCUT2D eigenvalue weighted by Crippen LogP contribution is 2.21. The van der Waals surface area contributed by atoms with E-state index in [2.05, 4.69) is 9.88 Å². The Bertz CT molecular complexity index is 660. The van der Waals surface area contributed by atoms with Gasteiger partial charge in [-0.3, -0.25) is 9.69 Å². The zero-order valence-corrected chi connectivity index (χ0v) is 15.9. The number of nitrogens with zero attached hydrogens (tertiary/aromatic N) is 3. The number of methoxy groups -OCH3 is 1. The number of aromatic nitrogens is 1. The highest BCUT2D eigenvalue weighted by molar-refractivity contribution is 7.09. The van der Waals surface area contributed by atoms with Crippen LogP contribution in [0.15, 0.2) is 41.9 Å². The molecule has 0 saturated carbocycles. The highest BCUT2D eigenvalue weighted by Gasteiger charge is 2.27. The van der Waals surface area contributed by atoms with Crippen LogP contribution in [0.3, 0.4) is 0 Å². The van der Waals surface area contributed by atoms with Crippen molar-refractivity contribution in [1.82, 2.24) is 14.8 Å².